The molecule has 0 aromatic heterocycles. The quantitative estimate of drug-likeness (QED) is 0.104. The predicted molar refractivity (Wildman–Crippen MR) is 134 cm³/mol. The lowest BCUT2D eigenvalue weighted by atomic mass is 10.2. The van der Waals surface area contributed by atoms with Gasteiger partial charge in [0.05, 0.1) is 50.3 Å². The Morgan fingerprint density at radius 1 is 0.917 bits per heavy atom. The maximum Gasteiger partial charge on any atom is 0.251 e. The molecule has 0 bridgehead atoms. The summed E-state index contributed by atoms with van der Waals surface area (Å²) in [5, 5.41) is 9.51. The summed E-state index contributed by atoms with van der Waals surface area (Å²) in [6.45, 7) is 3.15. The van der Waals surface area contributed by atoms with Gasteiger partial charge in [-0.1, -0.05) is 29.1 Å². The van der Waals surface area contributed by atoms with Gasteiger partial charge in [0, 0.05) is 35.0 Å². The number of carbonyl (C=O) groups excluding carboxylic acids is 1. The molecule has 0 atom stereocenters. The molecule has 0 heterocycles. The number of nitrogens with one attached hydrogen (secondary N) is 1. The lowest BCUT2D eigenvalue weighted by molar-refractivity contribution is 0.0166. The average Bonchev–Trinajstić information content (AvgIpc) is 2.88. The fraction of sp³-hybridized carbons (Fsp3) is 0.636. The Balaban J connectivity index is 2.21. The Labute approximate surface area is 211 Å². The zero-order chi connectivity index (χ0) is 26.3. The standard InChI is InChI=1S/C22H34N7O6S/c23-28-26-9-4-2-1-3-5-18-36(31,32)21-8-6-7-20(19-21)22(30)25-10-12-33-14-16-35-17-15-34-13-11-27-29-24/h5-8,19H,1-4,9-18H2,(H,25,30). The van der Waals surface area contributed by atoms with Gasteiger partial charge in [-0.15, -0.1) is 0 Å². The van der Waals surface area contributed by atoms with E-state index in [9.17, 15) is 13.2 Å². The first-order valence-electron chi connectivity index (χ1n) is 11.7. The Hall–Kier alpha value is -2.86. The van der Waals surface area contributed by atoms with Gasteiger partial charge in [-0.2, -0.15) is 0 Å². The number of carbonyl (C=O) groups is 1. The minimum atomic E-state index is -3.53. The van der Waals surface area contributed by atoms with Gasteiger partial charge in [-0.25, -0.2) is 8.42 Å². The number of rotatable bonds is 22. The molecule has 36 heavy (non-hydrogen) atoms. The summed E-state index contributed by atoms with van der Waals surface area (Å²) >= 11 is 0. The lowest BCUT2D eigenvalue weighted by Gasteiger charge is -2.09. The number of unbranched alkanes of at least 4 members (excludes halogenated alkanes) is 4. The summed E-state index contributed by atoms with van der Waals surface area (Å²) in [6.07, 6.45) is 4.82. The van der Waals surface area contributed by atoms with Crippen molar-refractivity contribution < 1.29 is 27.4 Å². The van der Waals surface area contributed by atoms with Crippen molar-refractivity contribution >= 4 is 15.7 Å². The maximum absolute atomic E-state index is 12.6. The molecule has 0 aliphatic carbocycles. The summed E-state index contributed by atoms with van der Waals surface area (Å²) in [7, 11) is -3.53. The van der Waals surface area contributed by atoms with Gasteiger partial charge < -0.3 is 19.5 Å². The highest BCUT2D eigenvalue weighted by Gasteiger charge is 2.16. The highest BCUT2D eigenvalue weighted by atomic mass is 32.2. The number of hydrogen-bond donors (Lipinski definition) is 1. The monoisotopic (exact) mass is 524 g/mol. The van der Waals surface area contributed by atoms with Crippen LogP contribution in [0.3, 0.4) is 0 Å². The van der Waals surface area contributed by atoms with E-state index >= 15 is 0 Å². The Morgan fingerprint density at radius 2 is 1.58 bits per heavy atom. The van der Waals surface area contributed by atoms with Crippen LogP contribution < -0.4 is 5.32 Å². The van der Waals surface area contributed by atoms with E-state index in [0.717, 1.165) is 19.3 Å². The molecule has 1 N–H and O–H groups in total. The fourth-order valence-electron chi connectivity index (χ4n) is 2.89. The third-order valence-electron chi connectivity index (χ3n) is 4.70. The second kappa shape index (κ2) is 20.3. The number of ether oxygens (including phenoxy) is 3. The first-order chi connectivity index (χ1) is 17.5. The van der Waals surface area contributed by atoms with E-state index in [2.05, 4.69) is 25.4 Å². The minimum Gasteiger partial charge on any atom is -0.379 e. The van der Waals surface area contributed by atoms with Crippen LogP contribution in [-0.4, -0.2) is 79.4 Å². The number of azide groups is 2. The third-order valence-corrected chi connectivity index (χ3v) is 6.34. The van der Waals surface area contributed by atoms with Gasteiger partial charge in [0.2, 0.25) is 0 Å². The molecule has 1 aromatic carbocycles. The largest absolute Gasteiger partial charge is 0.379 e. The van der Waals surface area contributed by atoms with Crippen LogP contribution in [0.2, 0.25) is 0 Å². The molecular weight excluding hydrogens is 490 g/mol. The molecule has 0 unspecified atom stereocenters. The highest BCUT2D eigenvalue weighted by Crippen LogP contribution is 2.15. The summed E-state index contributed by atoms with van der Waals surface area (Å²) in [6, 6.07) is 5.97. The molecule has 0 saturated carbocycles. The number of hydrogen-bond acceptors (Lipinski definition) is 8. The van der Waals surface area contributed by atoms with Crippen LogP contribution in [-0.2, 0) is 24.0 Å². The molecular formula is C22H34N7O6S. The molecule has 0 saturated heterocycles. The van der Waals surface area contributed by atoms with Crippen LogP contribution in [0.1, 0.15) is 36.0 Å². The Bertz CT molecular complexity index is 963. The van der Waals surface area contributed by atoms with E-state index in [4.69, 9.17) is 25.3 Å². The Morgan fingerprint density at radius 3 is 2.31 bits per heavy atom. The molecule has 0 aliphatic heterocycles. The maximum atomic E-state index is 12.6. The number of amides is 1. The van der Waals surface area contributed by atoms with Gasteiger partial charge in [0.25, 0.3) is 5.91 Å². The summed E-state index contributed by atoms with van der Waals surface area (Å²) in [5.41, 5.74) is 16.6. The molecule has 0 fully saturated rings. The smallest absolute Gasteiger partial charge is 0.251 e. The van der Waals surface area contributed by atoms with Crippen LogP contribution in [0.25, 0.3) is 20.9 Å². The summed E-state index contributed by atoms with van der Waals surface area (Å²) < 4.78 is 41.1. The van der Waals surface area contributed by atoms with E-state index in [1.165, 1.54) is 12.1 Å². The van der Waals surface area contributed by atoms with E-state index in [1.54, 1.807) is 18.6 Å². The SMILES string of the molecule is [N-]=[N+]=NCCCCC[CH]CS(=O)(=O)c1cccc(C(=O)NCCOCCOCCOCCN=[N+]=[N-])c1. The van der Waals surface area contributed by atoms with E-state index in [-0.39, 0.29) is 41.8 Å². The molecule has 13 nitrogen and oxygen atoms in total. The average molecular weight is 525 g/mol. The second-order valence-electron chi connectivity index (χ2n) is 7.45. The molecule has 14 heteroatoms. The van der Waals surface area contributed by atoms with Crippen molar-refractivity contribution in [2.75, 3.05) is 65.0 Å². The topological polar surface area (TPSA) is 188 Å². The number of benzene rings is 1. The normalized spacial score (nSPS) is 10.9. The van der Waals surface area contributed by atoms with Crippen LogP contribution in [0, 0.1) is 6.42 Å². The number of nitrogens with zero attached hydrogens (tertiary/aromatic N) is 6. The van der Waals surface area contributed by atoms with Crippen LogP contribution in [0.15, 0.2) is 39.4 Å². The van der Waals surface area contributed by atoms with E-state index < -0.39 is 9.84 Å². The van der Waals surface area contributed by atoms with Gasteiger partial charge in [0.1, 0.15) is 0 Å². The molecule has 0 aliphatic rings. The molecule has 199 valence electrons. The van der Waals surface area contributed by atoms with Gasteiger partial charge in [-0.05, 0) is 48.5 Å². The predicted octanol–water partition coefficient (Wildman–Crippen LogP) is 3.63. The minimum absolute atomic E-state index is 0.102. The van der Waals surface area contributed by atoms with Crippen molar-refractivity contribution in [3.8, 4) is 0 Å². The molecule has 1 aromatic rings. The van der Waals surface area contributed by atoms with Crippen molar-refractivity contribution in [2.45, 2.75) is 30.6 Å². The third kappa shape index (κ3) is 15.2. The molecule has 1 rings (SSSR count). The van der Waals surface area contributed by atoms with Crippen molar-refractivity contribution in [3.05, 3.63) is 57.1 Å². The zero-order valence-corrected chi connectivity index (χ0v) is 21.1. The fourth-order valence-corrected chi connectivity index (χ4v) is 4.15. The number of sulfone groups is 1. The molecule has 1 radical (unpaired) electrons. The Kier molecular flexibility index (Phi) is 17.6. The van der Waals surface area contributed by atoms with Crippen LogP contribution in [0.4, 0.5) is 0 Å². The van der Waals surface area contributed by atoms with Crippen molar-refractivity contribution in [2.24, 2.45) is 10.2 Å². The van der Waals surface area contributed by atoms with E-state index in [0.29, 0.717) is 46.0 Å². The van der Waals surface area contributed by atoms with Crippen molar-refractivity contribution in [1.29, 1.82) is 0 Å². The second-order valence-corrected chi connectivity index (χ2v) is 9.48. The van der Waals surface area contributed by atoms with Crippen LogP contribution >= 0.6 is 0 Å². The van der Waals surface area contributed by atoms with Crippen molar-refractivity contribution in [3.63, 3.8) is 0 Å². The first kappa shape index (κ1) is 31.2. The van der Waals surface area contributed by atoms with Crippen molar-refractivity contribution in [1.82, 2.24) is 5.32 Å². The van der Waals surface area contributed by atoms with E-state index in [1.807, 2.05) is 0 Å². The molecule has 0 spiro atoms. The highest BCUT2D eigenvalue weighted by molar-refractivity contribution is 7.91. The van der Waals surface area contributed by atoms with Gasteiger partial charge in [0.15, 0.2) is 9.84 Å². The van der Waals surface area contributed by atoms with Crippen LogP contribution in [0.5, 0.6) is 0 Å². The first-order valence-corrected chi connectivity index (χ1v) is 13.3. The lowest BCUT2D eigenvalue weighted by Crippen LogP contribution is -2.27. The summed E-state index contributed by atoms with van der Waals surface area (Å²) in [4.78, 5) is 17.8. The summed E-state index contributed by atoms with van der Waals surface area (Å²) in [5.74, 6) is -0.486. The zero-order valence-electron chi connectivity index (χ0n) is 20.3. The van der Waals surface area contributed by atoms with Gasteiger partial charge in [-0.3, -0.25) is 4.79 Å². The van der Waals surface area contributed by atoms with Gasteiger partial charge >= 0.3 is 0 Å². The molecule has 1 amide bonds.